The van der Waals surface area contributed by atoms with Gasteiger partial charge in [-0.2, -0.15) is 0 Å². The van der Waals surface area contributed by atoms with E-state index >= 15 is 0 Å². The molecule has 0 unspecified atom stereocenters. The van der Waals surface area contributed by atoms with Gasteiger partial charge in [0.25, 0.3) is 5.91 Å². The highest BCUT2D eigenvalue weighted by Crippen LogP contribution is 2.13. The molecular formula is C21H25N5O2. The third-order valence-electron chi connectivity index (χ3n) is 4.12. The highest BCUT2D eigenvalue weighted by atomic mass is 16.5. The second-order valence-corrected chi connectivity index (χ2v) is 6.26. The zero-order chi connectivity index (χ0) is 19.6. The number of nitrogens with zero attached hydrogens (tertiary/aromatic N) is 3. The van der Waals surface area contributed by atoms with Crippen LogP contribution in [0.15, 0.2) is 61.2 Å². The highest BCUT2D eigenvalue weighted by molar-refractivity contribution is 5.94. The number of carbonyl (C=O) groups excluding carboxylic acids is 1. The number of amides is 1. The second kappa shape index (κ2) is 10.1. The van der Waals surface area contributed by atoms with Gasteiger partial charge in [-0.1, -0.05) is 13.3 Å². The maximum Gasteiger partial charge on any atom is 0.251 e. The fraction of sp³-hybridized carbons (Fsp3) is 0.286. The number of hydrogen-bond donors (Lipinski definition) is 2. The predicted octanol–water partition coefficient (Wildman–Crippen LogP) is 3.29. The molecule has 0 atom stereocenters. The van der Waals surface area contributed by atoms with Gasteiger partial charge in [-0.05, 0) is 42.8 Å². The Balaban J connectivity index is 1.42. The Labute approximate surface area is 164 Å². The van der Waals surface area contributed by atoms with Gasteiger partial charge in [0, 0.05) is 37.1 Å². The van der Waals surface area contributed by atoms with E-state index in [0.717, 1.165) is 24.4 Å². The lowest BCUT2D eigenvalue weighted by Crippen LogP contribution is -2.28. The van der Waals surface area contributed by atoms with Crippen LogP contribution in [0.5, 0.6) is 5.75 Å². The predicted molar refractivity (Wildman–Crippen MR) is 109 cm³/mol. The highest BCUT2D eigenvalue weighted by Gasteiger charge is 2.05. The van der Waals surface area contributed by atoms with Gasteiger partial charge in [-0.15, -0.1) is 0 Å². The van der Waals surface area contributed by atoms with E-state index < -0.39 is 0 Å². The van der Waals surface area contributed by atoms with Gasteiger partial charge in [-0.25, -0.2) is 9.97 Å². The Morgan fingerprint density at radius 1 is 1.11 bits per heavy atom. The molecule has 7 heteroatoms. The summed E-state index contributed by atoms with van der Waals surface area (Å²) in [5, 5.41) is 6.08. The summed E-state index contributed by atoms with van der Waals surface area (Å²) in [4.78, 5) is 20.7. The van der Waals surface area contributed by atoms with Crippen LogP contribution in [0.3, 0.4) is 0 Å². The quantitative estimate of drug-likeness (QED) is 0.528. The lowest BCUT2D eigenvalue weighted by molar-refractivity contribution is 0.0955. The van der Waals surface area contributed by atoms with Crippen LogP contribution in [0.2, 0.25) is 0 Å². The van der Waals surface area contributed by atoms with Crippen molar-refractivity contribution < 1.29 is 9.53 Å². The fourth-order valence-electron chi connectivity index (χ4n) is 2.58. The summed E-state index contributed by atoms with van der Waals surface area (Å²) < 4.78 is 7.52. The van der Waals surface area contributed by atoms with Gasteiger partial charge in [-0.3, -0.25) is 4.79 Å². The topological polar surface area (TPSA) is 81.1 Å². The lowest BCUT2D eigenvalue weighted by atomic mass is 10.2. The molecule has 7 nitrogen and oxygen atoms in total. The normalized spacial score (nSPS) is 10.5. The Hall–Kier alpha value is -3.35. The van der Waals surface area contributed by atoms with E-state index in [2.05, 4.69) is 27.5 Å². The third kappa shape index (κ3) is 5.57. The molecule has 0 radical (unpaired) electrons. The van der Waals surface area contributed by atoms with Crippen LogP contribution in [0.4, 0.5) is 5.82 Å². The van der Waals surface area contributed by atoms with Crippen LogP contribution in [-0.4, -0.2) is 40.1 Å². The summed E-state index contributed by atoms with van der Waals surface area (Å²) in [6, 6.07) is 12.9. The minimum atomic E-state index is -0.113. The van der Waals surface area contributed by atoms with Gasteiger partial charge in [0.2, 0.25) is 0 Å². The van der Waals surface area contributed by atoms with E-state index in [1.807, 2.05) is 47.3 Å². The van der Waals surface area contributed by atoms with Crippen molar-refractivity contribution in [3.63, 3.8) is 0 Å². The third-order valence-corrected chi connectivity index (χ3v) is 4.12. The largest absolute Gasteiger partial charge is 0.494 e. The first kappa shape index (κ1) is 19.4. The molecule has 0 aliphatic rings. The fourth-order valence-corrected chi connectivity index (χ4v) is 2.58. The number of aromatic nitrogens is 3. The number of anilines is 1. The van der Waals surface area contributed by atoms with Crippen LogP contribution in [0.1, 0.15) is 30.1 Å². The Morgan fingerprint density at radius 2 is 1.89 bits per heavy atom. The molecular weight excluding hydrogens is 354 g/mol. The molecule has 0 aliphatic heterocycles. The number of carbonyl (C=O) groups is 1. The molecule has 2 N–H and O–H groups in total. The number of unbranched alkanes of at least 4 members (excludes halogenated alkanes) is 1. The summed E-state index contributed by atoms with van der Waals surface area (Å²) in [5.74, 6) is 2.17. The molecule has 0 bridgehead atoms. The second-order valence-electron chi connectivity index (χ2n) is 6.26. The van der Waals surface area contributed by atoms with E-state index in [-0.39, 0.29) is 5.91 Å². The van der Waals surface area contributed by atoms with Crippen molar-refractivity contribution in [2.24, 2.45) is 0 Å². The van der Waals surface area contributed by atoms with E-state index in [9.17, 15) is 4.79 Å². The number of nitrogens with one attached hydrogen (secondary N) is 2. The molecule has 1 aromatic carbocycles. The lowest BCUT2D eigenvalue weighted by Gasteiger charge is -2.09. The molecule has 0 saturated carbocycles. The maximum atomic E-state index is 12.2. The first-order valence-corrected chi connectivity index (χ1v) is 9.46. The molecule has 0 saturated heterocycles. The zero-order valence-corrected chi connectivity index (χ0v) is 16.0. The summed E-state index contributed by atoms with van der Waals surface area (Å²) in [6.45, 7) is 3.86. The minimum Gasteiger partial charge on any atom is -0.494 e. The Morgan fingerprint density at radius 3 is 2.64 bits per heavy atom. The maximum absolute atomic E-state index is 12.2. The van der Waals surface area contributed by atoms with Crippen molar-refractivity contribution in [3.8, 4) is 11.6 Å². The molecule has 0 fully saturated rings. The first-order chi connectivity index (χ1) is 13.8. The number of benzene rings is 1. The average molecular weight is 379 g/mol. The van der Waals surface area contributed by atoms with Crippen molar-refractivity contribution in [2.75, 3.05) is 25.0 Å². The van der Waals surface area contributed by atoms with Crippen molar-refractivity contribution in [1.29, 1.82) is 0 Å². The van der Waals surface area contributed by atoms with Crippen molar-refractivity contribution in [2.45, 2.75) is 19.8 Å². The minimum absolute atomic E-state index is 0.113. The van der Waals surface area contributed by atoms with E-state index in [0.29, 0.717) is 31.1 Å². The molecule has 1 amide bonds. The molecule has 28 heavy (non-hydrogen) atoms. The van der Waals surface area contributed by atoms with E-state index in [1.54, 1.807) is 12.1 Å². The average Bonchev–Trinajstić information content (AvgIpc) is 3.27. The molecule has 2 heterocycles. The van der Waals surface area contributed by atoms with Gasteiger partial charge in [0.05, 0.1) is 6.61 Å². The van der Waals surface area contributed by atoms with Crippen LogP contribution in [0, 0.1) is 0 Å². The van der Waals surface area contributed by atoms with Crippen molar-refractivity contribution in [1.82, 2.24) is 19.9 Å². The zero-order valence-electron chi connectivity index (χ0n) is 16.0. The van der Waals surface area contributed by atoms with Crippen LogP contribution in [-0.2, 0) is 0 Å². The summed E-state index contributed by atoms with van der Waals surface area (Å²) in [6.07, 6.45) is 7.48. The molecule has 3 aromatic rings. The van der Waals surface area contributed by atoms with Crippen LogP contribution in [0.25, 0.3) is 5.82 Å². The molecule has 0 spiro atoms. The first-order valence-electron chi connectivity index (χ1n) is 9.46. The van der Waals surface area contributed by atoms with E-state index in [4.69, 9.17) is 4.74 Å². The molecule has 0 aliphatic carbocycles. The van der Waals surface area contributed by atoms with Gasteiger partial charge in [0.1, 0.15) is 23.7 Å². The number of rotatable bonds is 10. The molecule has 3 rings (SSSR count). The van der Waals surface area contributed by atoms with Gasteiger partial charge < -0.3 is 19.9 Å². The summed E-state index contributed by atoms with van der Waals surface area (Å²) in [5.41, 5.74) is 0.611. The SMILES string of the molecule is CCCCOc1ccc(C(=O)NCCNc2cc(-n3cccc3)ncn2)cc1. The molecule has 2 aromatic heterocycles. The smallest absolute Gasteiger partial charge is 0.251 e. The van der Waals surface area contributed by atoms with Crippen molar-refractivity contribution in [3.05, 3.63) is 66.7 Å². The Kier molecular flexibility index (Phi) is 7.01. The van der Waals surface area contributed by atoms with Crippen LogP contribution >= 0.6 is 0 Å². The van der Waals surface area contributed by atoms with Gasteiger partial charge in [0.15, 0.2) is 0 Å². The summed E-state index contributed by atoms with van der Waals surface area (Å²) >= 11 is 0. The van der Waals surface area contributed by atoms with Gasteiger partial charge >= 0.3 is 0 Å². The summed E-state index contributed by atoms with van der Waals surface area (Å²) in [7, 11) is 0. The van der Waals surface area contributed by atoms with E-state index in [1.165, 1.54) is 6.33 Å². The van der Waals surface area contributed by atoms with Crippen molar-refractivity contribution >= 4 is 11.7 Å². The van der Waals surface area contributed by atoms with Crippen LogP contribution < -0.4 is 15.4 Å². The number of ether oxygens (including phenoxy) is 1. The number of hydrogen-bond acceptors (Lipinski definition) is 5. The monoisotopic (exact) mass is 379 g/mol. The standard InChI is InChI=1S/C21H25N5O2/c1-2-3-14-28-18-8-6-17(7-9-18)21(27)23-11-10-22-19-15-20(25-16-24-19)26-12-4-5-13-26/h4-9,12-13,15-16H,2-3,10-11,14H2,1H3,(H,23,27)(H,22,24,25). The molecule has 146 valence electrons. The Bertz CT molecular complexity index is 863.